The average Bonchev–Trinajstić information content (AvgIpc) is 3.10. The van der Waals surface area contributed by atoms with E-state index in [1.165, 1.54) is 17.4 Å². The molecule has 1 aromatic carbocycles. The molecule has 5 rings (SSSR count). The van der Waals surface area contributed by atoms with Crippen molar-refractivity contribution in [3.63, 3.8) is 0 Å². The Kier molecular flexibility index (Phi) is 6.13. The van der Waals surface area contributed by atoms with Gasteiger partial charge in [-0.1, -0.05) is 6.07 Å². The second-order valence-corrected chi connectivity index (χ2v) is 13.4. The molecule has 2 aromatic rings. The predicted molar refractivity (Wildman–Crippen MR) is 132 cm³/mol. The Morgan fingerprint density at radius 3 is 2.43 bits per heavy atom. The number of anilines is 1. The number of hydrogen-bond donors (Lipinski definition) is 4. The van der Waals surface area contributed by atoms with Crippen LogP contribution in [0.25, 0.3) is 10.4 Å². The SMILES string of the molecule is CC(C)OC(=O)Nc1ccc(-c2cnc(C34CC(NC(=O)O)(C3)C4)s2)c(S(=O)(=O)NC(C)(C)C)c1. The van der Waals surface area contributed by atoms with Crippen LogP contribution in [-0.2, 0) is 20.2 Å². The van der Waals surface area contributed by atoms with E-state index in [4.69, 9.17) is 9.84 Å². The normalized spacial score (nSPS) is 23.3. The lowest BCUT2D eigenvalue weighted by atomic mass is 9.39. The van der Waals surface area contributed by atoms with Gasteiger partial charge in [0.1, 0.15) is 0 Å². The third-order valence-electron chi connectivity index (χ3n) is 5.93. The van der Waals surface area contributed by atoms with Gasteiger partial charge in [0.2, 0.25) is 10.0 Å². The van der Waals surface area contributed by atoms with Crippen LogP contribution in [0.3, 0.4) is 0 Å². The second-order valence-electron chi connectivity index (χ2n) is 10.7. The zero-order valence-electron chi connectivity index (χ0n) is 20.3. The van der Waals surface area contributed by atoms with Gasteiger partial charge in [0.25, 0.3) is 0 Å². The van der Waals surface area contributed by atoms with Crippen LogP contribution in [0.5, 0.6) is 0 Å². The molecule has 0 spiro atoms. The number of rotatable bonds is 7. The topological polar surface area (TPSA) is 147 Å². The second kappa shape index (κ2) is 8.45. The number of nitrogens with one attached hydrogen (secondary N) is 3. The van der Waals surface area contributed by atoms with Crippen LogP contribution in [-0.4, -0.2) is 47.9 Å². The van der Waals surface area contributed by atoms with Gasteiger partial charge in [-0.3, -0.25) is 5.32 Å². The highest BCUT2D eigenvalue weighted by molar-refractivity contribution is 7.89. The van der Waals surface area contributed by atoms with Crippen molar-refractivity contribution in [1.29, 1.82) is 0 Å². The molecule has 1 heterocycles. The highest BCUT2D eigenvalue weighted by Gasteiger charge is 2.70. The van der Waals surface area contributed by atoms with E-state index in [1.54, 1.807) is 52.9 Å². The number of amides is 2. The fraction of sp³-hybridized carbons (Fsp3) is 0.522. The van der Waals surface area contributed by atoms with Gasteiger partial charge >= 0.3 is 12.2 Å². The zero-order valence-corrected chi connectivity index (χ0v) is 21.9. The summed E-state index contributed by atoms with van der Waals surface area (Å²) in [5, 5.41) is 15.1. The smallest absolute Gasteiger partial charge is 0.411 e. The van der Waals surface area contributed by atoms with E-state index in [2.05, 4.69) is 20.3 Å². The van der Waals surface area contributed by atoms with Gasteiger partial charge in [0, 0.05) is 33.9 Å². The number of aromatic nitrogens is 1. The van der Waals surface area contributed by atoms with Gasteiger partial charge < -0.3 is 15.2 Å². The van der Waals surface area contributed by atoms with Crippen LogP contribution in [0.2, 0.25) is 0 Å². The Labute approximate surface area is 208 Å². The molecule has 190 valence electrons. The van der Waals surface area contributed by atoms with Gasteiger partial charge in [0.15, 0.2) is 0 Å². The van der Waals surface area contributed by atoms with Crippen molar-refractivity contribution < 1.29 is 27.9 Å². The largest absolute Gasteiger partial charge is 0.465 e. The number of carbonyl (C=O) groups excluding carboxylic acids is 1. The minimum absolute atomic E-state index is 0.0200. The summed E-state index contributed by atoms with van der Waals surface area (Å²) in [5.74, 6) is 0. The molecule has 2 amide bonds. The molecule has 12 heteroatoms. The zero-order chi connectivity index (χ0) is 25.8. The summed E-state index contributed by atoms with van der Waals surface area (Å²) in [6.07, 6.45) is 1.71. The first-order valence-corrected chi connectivity index (χ1v) is 13.6. The molecule has 4 N–H and O–H groups in total. The van der Waals surface area contributed by atoms with Crippen molar-refractivity contribution in [3.05, 3.63) is 29.4 Å². The lowest BCUT2D eigenvalue weighted by Gasteiger charge is -2.69. The summed E-state index contributed by atoms with van der Waals surface area (Å²) >= 11 is 1.41. The fourth-order valence-corrected chi connectivity index (χ4v) is 7.73. The maximum Gasteiger partial charge on any atom is 0.411 e. The Balaban J connectivity index is 1.65. The summed E-state index contributed by atoms with van der Waals surface area (Å²) in [4.78, 5) is 28.4. The van der Waals surface area contributed by atoms with Crippen LogP contribution in [0, 0.1) is 0 Å². The van der Waals surface area contributed by atoms with Crippen molar-refractivity contribution in [1.82, 2.24) is 15.0 Å². The number of benzene rings is 1. The molecule has 0 radical (unpaired) electrons. The van der Waals surface area contributed by atoms with Crippen molar-refractivity contribution in [2.24, 2.45) is 0 Å². The van der Waals surface area contributed by atoms with E-state index in [1.807, 2.05) is 0 Å². The average molecular weight is 523 g/mol. The van der Waals surface area contributed by atoms with E-state index >= 15 is 0 Å². The lowest BCUT2D eigenvalue weighted by molar-refractivity contribution is -0.0822. The Morgan fingerprint density at radius 2 is 1.86 bits per heavy atom. The monoisotopic (exact) mass is 522 g/mol. The molecule has 10 nitrogen and oxygen atoms in total. The maximum atomic E-state index is 13.3. The molecule has 0 aliphatic heterocycles. The van der Waals surface area contributed by atoms with Crippen molar-refractivity contribution in [2.75, 3.05) is 5.32 Å². The minimum Gasteiger partial charge on any atom is -0.465 e. The Hall–Kier alpha value is -2.70. The first-order chi connectivity index (χ1) is 16.1. The quantitative estimate of drug-likeness (QED) is 0.424. The van der Waals surface area contributed by atoms with Gasteiger partial charge in [-0.15, -0.1) is 11.3 Å². The standard InChI is InChI=1S/C23H30N4O6S2/c1-13(2)33-20(30)25-14-6-7-15(17(8-14)35(31,32)27-21(3,4)5)16-9-24-18(34-16)22-10-23(11-22,12-22)26-19(28)29/h6-9,13,26-27H,10-12H2,1-5H3,(H,25,30)(H,28,29). The molecule has 2 bridgehead atoms. The summed E-state index contributed by atoms with van der Waals surface area (Å²) in [6, 6.07) is 4.69. The number of carbonyl (C=O) groups is 2. The van der Waals surface area contributed by atoms with E-state index in [0.29, 0.717) is 35.4 Å². The number of hydrogen-bond acceptors (Lipinski definition) is 7. The van der Waals surface area contributed by atoms with Crippen LogP contribution in [0.1, 0.15) is 58.9 Å². The van der Waals surface area contributed by atoms with E-state index in [9.17, 15) is 18.0 Å². The summed E-state index contributed by atoms with van der Waals surface area (Å²) in [7, 11) is -3.95. The van der Waals surface area contributed by atoms with Gasteiger partial charge in [-0.05, 0) is 66.0 Å². The maximum absolute atomic E-state index is 13.3. The van der Waals surface area contributed by atoms with Crippen LogP contribution in [0.4, 0.5) is 15.3 Å². The number of nitrogens with zero attached hydrogens (tertiary/aromatic N) is 1. The first kappa shape index (κ1) is 25.4. The molecule has 35 heavy (non-hydrogen) atoms. The molecule has 3 aliphatic carbocycles. The van der Waals surface area contributed by atoms with Gasteiger partial charge in [0.05, 0.1) is 20.9 Å². The van der Waals surface area contributed by atoms with E-state index in [-0.39, 0.29) is 22.0 Å². The fourth-order valence-electron chi connectivity index (χ4n) is 4.86. The summed E-state index contributed by atoms with van der Waals surface area (Å²) < 4.78 is 34.5. The van der Waals surface area contributed by atoms with Gasteiger partial charge in [-0.25, -0.2) is 27.7 Å². The minimum atomic E-state index is -3.95. The van der Waals surface area contributed by atoms with Crippen LogP contribution in [0.15, 0.2) is 29.3 Å². The van der Waals surface area contributed by atoms with Gasteiger partial charge in [-0.2, -0.15) is 0 Å². The van der Waals surface area contributed by atoms with Crippen molar-refractivity contribution >= 4 is 39.2 Å². The first-order valence-electron chi connectivity index (χ1n) is 11.3. The molecule has 0 saturated heterocycles. The molecule has 0 unspecified atom stereocenters. The lowest BCUT2D eigenvalue weighted by Crippen LogP contribution is -2.76. The molecular weight excluding hydrogens is 492 g/mol. The highest BCUT2D eigenvalue weighted by atomic mass is 32.2. The summed E-state index contributed by atoms with van der Waals surface area (Å²) in [6.45, 7) is 8.69. The highest BCUT2D eigenvalue weighted by Crippen LogP contribution is 2.68. The molecular formula is C23H30N4O6S2. The van der Waals surface area contributed by atoms with E-state index < -0.39 is 27.7 Å². The number of carboxylic acid groups (broad SMARTS) is 1. The predicted octanol–water partition coefficient (Wildman–Crippen LogP) is 4.29. The number of ether oxygens (including phenoxy) is 1. The summed E-state index contributed by atoms with van der Waals surface area (Å²) in [5.41, 5.74) is -0.471. The molecule has 3 aliphatic rings. The van der Waals surface area contributed by atoms with Crippen LogP contribution >= 0.6 is 11.3 Å². The molecule has 3 saturated carbocycles. The van der Waals surface area contributed by atoms with Crippen LogP contribution < -0.4 is 15.4 Å². The Bertz CT molecular complexity index is 1260. The number of thiazole rings is 1. The number of sulfonamides is 1. The van der Waals surface area contributed by atoms with Crippen molar-refractivity contribution in [2.45, 2.75) is 81.4 Å². The van der Waals surface area contributed by atoms with E-state index in [0.717, 1.165) is 5.01 Å². The molecule has 3 fully saturated rings. The molecule has 0 atom stereocenters. The third-order valence-corrected chi connectivity index (χ3v) is 9.00. The van der Waals surface area contributed by atoms with Crippen molar-refractivity contribution in [3.8, 4) is 10.4 Å². The Morgan fingerprint density at radius 1 is 1.20 bits per heavy atom. The molecule has 1 aromatic heterocycles. The third kappa shape index (κ3) is 5.14.